The summed E-state index contributed by atoms with van der Waals surface area (Å²) in [6.07, 6.45) is 0. The lowest BCUT2D eigenvalue weighted by Gasteiger charge is -2.08. The number of hydrogen-bond acceptors (Lipinski definition) is 2. The first-order chi connectivity index (χ1) is 11.6. The Kier molecular flexibility index (Phi) is 4.67. The highest BCUT2D eigenvalue weighted by molar-refractivity contribution is 6.31. The van der Waals surface area contributed by atoms with Crippen LogP contribution in [0.2, 0.25) is 5.02 Å². The molecule has 1 heterocycles. The molecule has 0 saturated heterocycles. The minimum atomic E-state index is -0.140. The van der Waals surface area contributed by atoms with Crippen molar-refractivity contribution in [3.63, 3.8) is 0 Å². The van der Waals surface area contributed by atoms with Crippen molar-refractivity contribution in [3.05, 3.63) is 82.1 Å². The largest absolute Gasteiger partial charge is 0.319 e. The lowest BCUT2D eigenvalue weighted by molar-refractivity contribution is 0.102. The molecule has 3 rings (SSSR count). The number of nitrogens with one attached hydrogen (secondary N) is 1. The van der Waals surface area contributed by atoms with Crippen LogP contribution in [-0.4, -0.2) is 15.7 Å². The molecule has 5 heteroatoms. The van der Waals surface area contributed by atoms with Gasteiger partial charge in [-0.2, -0.15) is 5.10 Å². The number of amides is 1. The van der Waals surface area contributed by atoms with E-state index in [4.69, 9.17) is 11.6 Å². The molecule has 2 aromatic carbocycles. The third kappa shape index (κ3) is 3.34. The summed E-state index contributed by atoms with van der Waals surface area (Å²) in [6, 6.07) is 16.8. The van der Waals surface area contributed by atoms with E-state index >= 15 is 0 Å². The maximum atomic E-state index is 12.4. The van der Waals surface area contributed by atoms with Crippen molar-refractivity contribution in [2.75, 3.05) is 5.32 Å². The first-order valence-electron chi connectivity index (χ1n) is 7.70. The Bertz CT molecular complexity index is 872. The minimum absolute atomic E-state index is 0.140. The zero-order valence-corrected chi connectivity index (χ0v) is 14.3. The monoisotopic (exact) mass is 339 g/mol. The molecule has 122 valence electrons. The second-order valence-electron chi connectivity index (χ2n) is 5.62. The van der Waals surface area contributed by atoms with Crippen molar-refractivity contribution < 1.29 is 4.79 Å². The fourth-order valence-corrected chi connectivity index (χ4v) is 2.79. The number of hydrogen-bond donors (Lipinski definition) is 1. The summed E-state index contributed by atoms with van der Waals surface area (Å²) in [5.41, 5.74) is 4.04. The quantitative estimate of drug-likeness (QED) is 0.763. The minimum Gasteiger partial charge on any atom is -0.319 e. The van der Waals surface area contributed by atoms with E-state index in [1.54, 1.807) is 12.1 Å². The number of anilines is 1. The summed E-state index contributed by atoms with van der Waals surface area (Å²) in [5.74, 6) is -0.140. The molecule has 0 spiro atoms. The molecule has 0 saturated carbocycles. The second-order valence-corrected chi connectivity index (χ2v) is 6.02. The molecule has 24 heavy (non-hydrogen) atoms. The highest BCUT2D eigenvalue weighted by Crippen LogP contribution is 2.23. The van der Waals surface area contributed by atoms with Crippen molar-refractivity contribution in [3.8, 4) is 0 Å². The third-order valence-electron chi connectivity index (χ3n) is 3.93. The van der Waals surface area contributed by atoms with Gasteiger partial charge in [-0.25, -0.2) is 0 Å². The number of halogens is 1. The van der Waals surface area contributed by atoms with Gasteiger partial charge in [0.1, 0.15) is 0 Å². The molecule has 1 amide bonds. The number of aryl methyl sites for hydroxylation is 1. The molecule has 1 N–H and O–H groups in total. The molecule has 3 aromatic rings. The average Bonchev–Trinajstić information content (AvgIpc) is 2.85. The van der Waals surface area contributed by atoms with Gasteiger partial charge in [0.2, 0.25) is 0 Å². The van der Waals surface area contributed by atoms with E-state index in [1.807, 2.05) is 61.0 Å². The highest BCUT2D eigenvalue weighted by Gasteiger charge is 2.15. The Balaban J connectivity index is 1.85. The van der Waals surface area contributed by atoms with E-state index in [9.17, 15) is 4.79 Å². The first-order valence-corrected chi connectivity index (χ1v) is 8.08. The van der Waals surface area contributed by atoms with Crippen LogP contribution in [0.4, 0.5) is 5.69 Å². The van der Waals surface area contributed by atoms with E-state index in [0.29, 0.717) is 17.1 Å². The molecule has 0 atom stereocenters. The van der Waals surface area contributed by atoms with Crippen LogP contribution in [-0.2, 0) is 6.54 Å². The molecular weight excluding hydrogens is 322 g/mol. The molecule has 1 aromatic heterocycles. The molecule has 4 nitrogen and oxygen atoms in total. The zero-order chi connectivity index (χ0) is 17.1. The molecular formula is C19H18ClN3O. The topological polar surface area (TPSA) is 46.9 Å². The number of carbonyl (C=O) groups is 1. The van der Waals surface area contributed by atoms with Crippen LogP contribution in [0.3, 0.4) is 0 Å². The number of aromatic nitrogens is 2. The molecule has 0 radical (unpaired) electrons. The SMILES string of the molecule is Cc1nn(Cc2ccccc2Cl)c(C)c1NC(=O)c1ccccc1. The van der Waals surface area contributed by atoms with Gasteiger partial charge in [0, 0.05) is 10.6 Å². The van der Waals surface area contributed by atoms with Crippen molar-refractivity contribution >= 4 is 23.2 Å². The van der Waals surface area contributed by atoms with Gasteiger partial charge in [-0.1, -0.05) is 48.0 Å². The van der Waals surface area contributed by atoms with Gasteiger partial charge in [0.05, 0.1) is 23.6 Å². The fourth-order valence-electron chi connectivity index (χ4n) is 2.59. The predicted molar refractivity (Wildman–Crippen MR) is 96.7 cm³/mol. The van der Waals surface area contributed by atoms with Crippen molar-refractivity contribution in [1.82, 2.24) is 9.78 Å². The summed E-state index contributed by atoms with van der Waals surface area (Å²) in [5, 5.41) is 8.21. The summed E-state index contributed by atoms with van der Waals surface area (Å²) in [4.78, 5) is 12.4. The molecule has 0 aliphatic carbocycles. The lowest BCUT2D eigenvalue weighted by Crippen LogP contribution is -2.13. The Hall–Kier alpha value is -2.59. The highest BCUT2D eigenvalue weighted by atomic mass is 35.5. The smallest absolute Gasteiger partial charge is 0.255 e. The Morgan fingerprint density at radius 3 is 2.46 bits per heavy atom. The number of rotatable bonds is 4. The van der Waals surface area contributed by atoms with E-state index in [2.05, 4.69) is 10.4 Å². The van der Waals surface area contributed by atoms with E-state index in [-0.39, 0.29) is 5.91 Å². The van der Waals surface area contributed by atoms with Crippen molar-refractivity contribution in [2.45, 2.75) is 20.4 Å². The fraction of sp³-hybridized carbons (Fsp3) is 0.158. The third-order valence-corrected chi connectivity index (χ3v) is 4.30. The molecule has 0 aliphatic heterocycles. The summed E-state index contributed by atoms with van der Waals surface area (Å²) in [6.45, 7) is 4.39. The van der Waals surface area contributed by atoms with Gasteiger partial charge < -0.3 is 5.32 Å². The van der Waals surface area contributed by atoms with Crippen molar-refractivity contribution in [2.24, 2.45) is 0 Å². The van der Waals surface area contributed by atoms with Gasteiger partial charge in [0.25, 0.3) is 5.91 Å². The zero-order valence-electron chi connectivity index (χ0n) is 13.6. The Morgan fingerprint density at radius 2 is 1.75 bits per heavy atom. The number of benzene rings is 2. The Labute approximate surface area is 146 Å². The maximum absolute atomic E-state index is 12.4. The van der Waals surface area contributed by atoms with Crippen LogP contribution >= 0.6 is 11.6 Å². The van der Waals surface area contributed by atoms with E-state index < -0.39 is 0 Å². The van der Waals surface area contributed by atoms with E-state index in [0.717, 1.165) is 22.6 Å². The average molecular weight is 340 g/mol. The number of carbonyl (C=O) groups excluding carboxylic acids is 1. The first kappa shape index (κ1) is 16.3. The lowest BCUT2D eigenvalue weighted by atomic mass is 10.2. The van der Waals surface area contributed by atoms with Gasteiger partial charge in [0.15, 0.2) is 0 Å². The predicted octanol–water partition coefficient (Wildman–Crippen LogP) is 4.45. The molecule has 0 bridgehead atoms. The van der Waals surface area contributed by atoms with Crippen LogP contribution in [0.25, 0.3) is 0 Å². The van der Waals surface area contributed by atoms with Crippen LogP contribution in [0.15, 0.2) is 54.6 Å². The van der Waals surface area contributed by atoms with Crippen LogP contribution in [0, 0.1) is 13.8 Å². The maximum Gasteiger partial charge on any atom is 0.255 e. The van der Waals surface area contributed by atoms with Crippen molar-refractivity contribution in [1.29, 1.82) is 0 Å². The summed E-state index contributed by atoms with van der Waals surface area (Å²) >= 11 is 6.23. The standard InChI is InChI=1S/C19H18ClN3O/c1-13-18(21-19(24)15-8-4-3-5-9-15)14(2)23(22-13)12-16-10-6-7-11-17(16)20/h3-11H,12H2,1-2H3,(H,21,24). The molecule has 0 unspecified atom stereocenters. The van der Waals surface area contributed by atoms with Gasteiger partial charge >= 0.3 is 0 Å². The second kappa shape index (κ2) is 6.89. The Morgan fingerprint density at radius 1 is 1.08 bits per heavy atom. The van der Waals surface area contributed by atoms with Gasteiger partial charge in [-0.05, 0) is 37.6 Å². The van der Waals surface area contributed by atoms with Gasteiger partial charge in [-0.3, -0.25) is 9.48 Å². The number of nitrogens with zero attached hydrogens (tertiary/aromatic N) is 2. The van der Waals surface area contributed by atoms with Crippen LogP contribution in [0.5, 0.6) is 0 Å². The van der Waals surface area contributed by atoms with E-state index in [1.165, 1.54) is 0 Å². The normalized spacial score (nSPS) is 10.6. The molecule has 0 fully saturated rings. The van der Waals surface area contributed by atoms with Crippen LogP contribution < -0.4 is 5.32 Å². The summed E-state index contributed by atoms with van der Waals surface area (Å²) < 4.78 is 1.86. The van der Waals surface area contributed by atoms with Crippen LogP contribution in [0.1, 0.15) is 27.3 Å². The summed E-state index contributed by atoms with van der Waals surface area (Å²) in [7, 11) is 0. The van der Waals surface area contributed by atoms with Gasteiger partial charge in [-0.15, -0.1) is 0 Å². The molecule has 0 aliphatic rings.